The summed E-state index contributed by atoms with van der Waals surface area (Å²) in [7, 11) is 3.55. The van der Waals surface area contributed by atoms with Gasteiger partial charge >= 0.3 is 0 Å². The van der Waals surface area contributed by atoms with Gasteiger partial charge < -0.3 is 15.4 Å². The van der Waals surface area contributed by atoms with Gasteiger partial charge in [-0.2, -0.15) is 0 Å². The molecule has 0 bridgehead atoms. The van der Waals surface area contributed by atoms with Crippen LogP contribution < -0.4 is 15.4 Å². The number of pyridine rings is 1. The first-order valence-corrected chi connectivity index (χ1v) is 5.83. The monoisotopic (exact) mass is 243 g/mol. The molecule has 0 aliphatic heterocycles. The lowest BCUT2D eigenvalue weighted by molar-refractivity contribution is 0.412. The highest BCUT2D eigenvalue weighted by molar-refractivity contribution is 5.68. The maximum absolute atomic E-state index is 5.08. The largest absolute Gasteiger partial charge is 0.495 e. The van der Waals surface area contributed by atoms with Gasteiger partial charge in [-0.05, 0) is 24.3 Å². The average molecular weight is 243 g/mol. The summed E-state index contributed by atoms with van der Waals surface area (Å²) in [6.45, 7) is 0.683. The van der Waals surface area contributed by atoms with Gasteiger partial charge in [-0.15, -0.1) is 0 Å². The van der Waals surface area contributed by atoms with Gasteiger partial charge in [0, 0.05) is 7.05 Å². The topological polar surface area (TPSA) is 46.2 Å². The maximum atomic E-state index is 5.08. The lowest BCUT2D eigenvalue weighted by atomic mass is 10.2. The van der Waals surface area contributed by atoms with E-state index in [0.29, 0.717) is 6.54 Å². The van der Waals surface area contributed by atoms with E-state index in [1.165, 1.54) is 0 Å². The summed E-state index contributed by atoms with van der Waals surface area (Å²) in [6.07, 6.45) is 1.72. The van der Waals surface area contributed by atoms with Gasteiger partial charge in [0.15, 0.2) is 0 Å². The van der Waals surface area contributed by atoms with Crippen LogP contribution in [0.2, 0.25) is 0 Å². The van der Waals surface area contributed by atoms with E-state index >= 15 is 0 Å². The minimum Gasteiger partial charge on any atom is -0.495 e. The number of aromatic nitrogens is 1. The SMILES string of the molecule is CNc1ccccc1NCc1ccc(OC)cn1. The zero-order valence-corrected chi connectivity index (χ0v) is 10.6. The molecule has 0 amide bonds. The Hall–Kier alpha value is -2.23. The maximum Gasteiger partial charge on any atom is 0.137 e. The van der Waals surface area contributed by atoms with Gasteiger partial charge in [0.2, 0.25) is 0 Å². The number of benzene rings is 1. The van der Waals surface area contributed by atoms with Crippen molar-refractivity contribution in [2.75, 3.05) is 24.8 Å². The van der Waals surface area contributed by atoms with Crippen molar-refractivity contribution in [2.45, 2.75) is 6.54 Å². The number of nitrogens with zero attached hydrogens (tertiary/aromatic N) is 1. The Labute approximate surface area is 107 Å². The summed E-state index contributed by atoms with van der Waals surface area (Å²) in [4.78, 5) is 4.31. The standard InChI is InChI=1S/C14H17N3O/c1-15-13-5-3-4-6-14(13)17-9-11-7-8-12(18-2)10-16-11/h3-8,10,15,17H,9H2,1-2H3. The van der Waals surface area contributed by atoms with Crippen molar-refractivity contribution >= 4 is 11.4 Å². The smallest absolute Gasteiger partial charge is 0.137 e. The Morgan fingerprint density at radius 2 is 1.89 bits per heavy atom. The Morgan fingerprint density at radius 1 is 1.11 bits per heavy atom. The molecule has 94 valence electrons. The van der Waals surface area contributed by atoms with Crippen LogP contribution in [0.4, 0.5) is 11.4 Å². The summed E-state index contributed by atoms with van der Waals surface area (Å²) >= 11 is 0. The molecule has 1 aromatic carbocycles. The van der Waals surface area contributed by atoms with Crippen LogP contribution in [-0.2, 0) is 6.54 Å². The third-order valence-electron chi connectivity index (χ3n) is 2.69. The molecule has 0 saturated heterocycles. The van der Waals surface area contributed by atoms with Crippen molar-refractivity contribution < 1.29 is 4.74 Å². The molecular weight excluding hydrogens is 226 g/mol. The Balaban J connectivity index is 2.02. The van der Waals surface area contributed by atoms with E-state index in [1.807, 2.05) is 43.4 Å². The zero-order chi connectivity index (χ0) is 12.8. The molecule has 2 N–H and O–H groups in total. The van der Waals surface area contributed by atoms with E-state index < -0.39 is 0 Å². The Morgan fingerprint density at radius 3 is 2.50 bits per heavy atom. The van der Waals surface area contributed by atoms with Crippen LogP contribution in [0.15, 0.2) is 42.6 Å². The van der Waals surface area contributed by atoms with Crippen molar-refractivity contribution in [1.82, 2.24) is 4.98 Å². The van der Waals surface area contributed by atoms with Gasteiger partial charge in [0.1, 0.15) is 5.75 Å². The molecule has 1 aromatic heterocycles. The van der Waals surface area contributed by atoms with E-state index in [-0.39, 0.29) is 0 Å². The highest BCUT2D eigenvalue weighted by atomic mass is 16.5. The molecule has 18 heavy (non-hydrogen) atoms. The molecule has 1 heterocycles. The van der Waals surface area contributed by atoms with E-state index in [4.69, 9.17) is 4.74 Å². The van der Waals surface area contributed by atoms with Crippen LogP contribution in [0.3, 0.4) is 0 Å². The molecule has 0 saturated carbocycles. The normalized spacial score (nSPS) is 9.89. The van der Waals surface area contributed by atoms with Crippen LogP contribution in [0, 0.1) is 0 Å². The fourth-order valence-electron chi connectivity index (χ4n) is 1.68. The molecule has 0 fully saturated rings. The number of hydrogen-bond donors (Lipinski definition) is 2. The molecule has 0 spiro atoms. The first-order valence-electron chi connectivity index (χ1n) is 5.83. The van der Waals surface area contributed by atoms with Crippen LogP contribution in [-0.4, -0.2) is 19.1 Å². The van der Waals surface area contributed by atoms with Gasteiger partial charge in [0.05, 0.1) is 36.9 Å². The lowest BCUT2D eigenvalue weighted by Gasteiger charge is -2.11. The third kappa shape index (κ3) is 2.91. The molecular formula is C14H17N3O. The number of hydrogen-bond acceptors (Lipinski definition) is 4. The van der Waals surface area contributed by atoms with Gasteiger partial charge in [0.25, 0.3) is 0 Å². The quantitative estimate of drug-likeness (QED) is 0.847. The summed E-state index contributed by atoms with van der Waals surface area (Å²) < 4.78 is 5.08. The summed E-state index contributed by atoms with van der Waals surface area (Å²) in [5.41, 5.74) is 3.12. The van der Waals surface area contributed by atoms with Gasteiger partial charge in [-0.25, -0.2) is 0 Å². The molecule has 2 aromatic rings. The molecule has 2 rings (SSSR count). The first-order chi connectivity index (χ1) is 8.83. The molecule has 0 aliphatic carbocycles. The van der Waals surface area contributed by atoms with Crippen molar-refractivity contribution in [3.8, 4) is 5.75 Å². The Kier molecular flexibility index (Phi) is 4.02. The second-order valence-electron chi connectivity index (χ2n) is 3.84. The molecule has 0 aliphatic rings. The average Bonchev–Trinajstić information content (AvgIpc) is 2.46. The van der Waals surface area contributed by atoms with E-state index in [9.17, 15) is 0 Å². The van der Waals surface area contributed by atoms with Gasteiger partial charge in [-0.1, -0.05) is 12.1 Å². The van der Waals surface area contributed by atoms with Crippen molar-refractivity contribution in [1.29, 1.82) is 0 Å². The van der Waals surface area contributed by atoms with Crippen LogP contribution >= 0.6 is 0 Å². The predicted octanol–water partition coefficient (Wildman–Crippen LogP) is 2.74. The lowest BCUT2D eigenvalue weighted by Crippen LogP contribution is -2.04. The number of ether oxygens (including phenoxy) is 1. The van der Waals surface area contributed by atoms with Crippen molar-refractivity contribution in [3.05, 3.63) is 48.3 Å². The highest BCUT2D eigenvalue weighted by Crippen LogP contribution is 2.20. The fraction of sp³-hybridized carbons (Fsp3) is 0.214. The minimum absolute atomic E-state index is 0.683. The fourth-order valence-corrected chi connectivity index (χ4v) is 1.68. The Bertz CT molecular complexity index is 497. The summed E-state index contributed by atoms with van der Waals surface area (Å²) in [6, 6.07) is 11.9. The number of anilines is 2. The van der Waals surface area contributed by atoms with Crippen LogP contribution in [0.25, 0.3) is 0 Å². The predicted molar refractivity (Wildman–Crippen MR) is 74.1 cm³/mol. The second kappa shape index (κ2) is 5.91. The first kappa shape index (κ1) is 12.2. The highest BCUT2D eigenvalue weighted by Gasteiger charge is 2.00. The number of methoxy groups -OCH3 is 1. The number of rotatable bonds is 5. The van der Waals surface area contributed by atoms with E-state index in [0.717, 1.165) is 22.8 Å². The zero-order valence-electron chi connectivity index (χ0n) is 10.6. The number of para-hydroxylation sites is 2. The second-order valence-corrected chi connectivity index (χ2v) is 3.84. The molecule has 4 heteroatoms. The summed E-state index contributed by atoms with van der Waals surface area (Å²) in [5.74, 6) is 0.773. The van der Waals surface area contributed by atoms with Crippen molar-refractivity contribution in [3.63, 3.8) is 0 Å². The number of nitrogens with one attached hydrogen (secondary N) is 2. The molecule has 0 unspecified atom stereocenters. The van der Waals surface area contributed by atoms with Crippen molar-refractivity contribution in [2.24, 2.45) is 0 Å². The molecule has 0 radical (unpaired) electrons. The summed E-state index contributed by atoms with van der Waals surface area (Å²) in [5, 5.41) is 6.50. The van der Waals surface area contributed by atoms with E-state index in [2.05, 4.69) is 15.6 Å². The van der Waals surface area contributed by atoms with E-state index in [1.54, 1.807) is 13.3 Å². The minimum atomic E-state index is 0.683. The molecule has 0 atom stereocenters. The molecule has 4 nitrogen and oxygen atoms in total. The third-order valence-corrected chi connectivity index (χ3v) is 2.69. The van der Waals surface area contributed by atoms with Crippen LogP contribution in [0.5, 0.6) is 5.75 Å². The van der Waals surface area contributed by atoms with Crippen LogP contribution in [0.1, 0.15) is 5.69 Å². The van der Waals surface area contributed by atoms with Gasteiger partial charge in [-0.3, -0.25) is 4.98 Å².